The number of aromatic nitrogens is 2. The number of nitrogens with one attached hydrogen (secondary N) is 1. The van der Waals surface area contributed by atoms with Crippen LogP contribution >= 0.6 is 0 Å². The minimum Gasteiger partial charge on any atom is -0.497 e. The van der Waals surface area contributed by atoms with Gasteiger partial charge in [-0.2, -0.15) is 5.10 Å². The first-order valence-electron chi connectivity index (χ1n) is 11.0. The zero-order chi connectivity index (χ0) is 23.4. The average Bonchev–Trinajstić information content (AvgIpc) is 3.35. The molecule has 1 aliphatic heterocycles. The van der Waals surface area contributed by atoms with E-state index in [0.717, 1.165) is 37.2 Å². The van der Waals surface area contributed by atoms with Crippen LogP contribution in [0.2, 0.25) is 0 Å². The van der Waals surface area contributed by atoms with Gasteiger partial charge in [0.05, 0.1) is 13.2 Å². The predicted octanol–water partition coefficient (Wildman–Crippen LogP) is 3.26. The van der Waals surface area contributed by atoms with Gasteiger partial charge in [0.1, 0.15) is 17.3 Å². The van der Waals surface area contributed by atoms with Crippen molar-refractivity contribution in [3.05, 3.63) is 87.6 Å². The van der Waals surface area contributed by atoms with Crippen molar-refractivity contribution in [3.63, 3.8) is 0 Å². The van der Waals surface area contributed by atoms with Gasteiger partial charge in [0.15, 0.2) is 5.69 Å². The Morgan fingerprint density at radius 3 is 2.52 bits per heavy atom. The monoisotopic (exact) mass is 450 g/mol. The van der Waals surface area contributed by atoms with Crippen LogP contribution in [-0.4, -0.2) is 47.3 Å². The van der Waals surface area contributed by atoms with E-state index >= 15 is 0 Å². The summed E-state index contributed by atoms with van der Waals surface area (Å²) in [6, 6.07) is 15.1. The van der Waals surface area contributed by atoms with Crippen LogP contribution in [0.3, 0.4) is 0 Å². The van der Waals surface area contributed by atoms with Gasteiger partial charge in [-0.25, -0.2) is 9.07 Å². The topological polar surface area (TPSA) is 76.5 Å². The fourth-order valence-corrected chi connectivity index (χ4v) is 4.18. The normalized spacial score (nSPS) is 14.8. The highest BCUT2D eigenvalue weighted by Gasteiger charge is 2.25. The minimum atomic E-state index is -0.581. The predicted molar refractivity (Wildman–Crippen MR) is 123 cm³/mol. The van der Waals surface area contributed by atoms with E-state index in [2.05, 4.69) is 15.3 Å². The average molecular weight is 451 g/mol. The molecule has 33 heavy (non-hydrogen) atoms. The molecule has 1 atom stereocenters. The molecule has 2 aromatic carbocycles. The van der Waals surface area contributed by atoms with Crippen molar-refractivity contribution in [1.82, 2.24) is 20.0 Å². The van der Waals surface area contributed by atoms with Gasteiger partial charge in [-0.3, -0.25) is 14.5 Å². The third-order valence-electron chi connectivity index (χ3n) is 5.94. The number of rotatable bonds is 7. The molecule has 3 aromatic rings. The maximum atomic E-state index is 14.3. The molecule has 0 radical (unpaired) electrons. The number of hydrogen-bond acceptors (Lipinski definition) is 5. The van der Waals surface area contributed by atoms with Gasteiger partial charge < -0.3 is 10.1 Å². The van der Waals surface area contributed by atoms with Gasteiger partial charge in [-0.15, -0.1) is 0 Å². The molecular formula is C25H27FN4O3. The van der Waals surface area contributed by atoms with E-state index in [1.54, 1.807) is 32.2 Å². The molecule has 0 unspecified atom stereocenters. The number of amides is 1. The first kappa shape index (κ1) is 22.7. The van der Waals surface area contributed by atoms with Crippen LogP contribution in [0.1, 0.15) is 40.6 Å². The summed E-state index contributed by atoms with van der Waals surface area (Å²) in [5, 5.41) is 7.07. The molecule has 0 bridgehead atoms. The largest absolute Gasteiger partial charge is 0.497 e. The molecule has 1 saturated heterocycles. The Bertz CT molecular complexity index is 1190. The number of halogens is 1. The maximum absolute atomic E-state index is 14.3. The summed E-state index contributed by atoms with van der Waals surface area (Å²) in [6.07, 6.45) is 2.21. The Hall–Kier alpha value is -3.52. The zero-order valence-corrected chi connectivity index (χ0v) is 18.8. The highest BCUT2D eigenvalue weighted by atomic mass is 19.1. The lowest BCUT2D eigenvalue weighted by Gasteiger charge is -2.28. The SMILES string of the molecule is COc1ccc([C@H](CNC(=O)c2nn(-c3ccccc3F)c(C)cc2=O)N2CCCC2)cc1. The third-order valence-corrected chi connectivity index (χ3v) is 5.94. The molecule has 1 fully saturated rings. The van der Waals surface area contributed by atoms with Crippen molar-refractivity contribution in [1.29, 1.82) is 0 Å². The van der Waals surface area contributed by atoms with Gasteiger partial charge in [0, 0.05) is 18.3 Å². The highest BCUT2D eigenvalue weighted by Crippen LogP contribution is 2.26. The number of carbonyl (C=O) groups excluding carboxylic acids is 1. The number of para-hydroxylation sites is 1. The van der Waals surface area contributed by atoms with Gasteiger partial charge in [0.25, 0.3) is 5.91 Å². The summed E-state index contributed by atoms with van der Waals surface area (Å²) >= 11 is 0. The molecular weight excluding hydrogens is 423 g/mol. The standard InChI is InChI=1S/C25H27FN4O3/c1-17-15-23(31)24(28-30(17)21-8-4-3-7-20(21)26)25(32)27-16-22(29-13-5-6-14-29)18-9-11-19(33-2)12-10-18/h3-4,7-12,15,22H,5-6,13-14,16H2,1-2H3,(H,27,32)/t22-/m0/s1. The molecule has 0 saturated carbocycles. The molecule has 8 heteroatoms. The molecule has 7 nitrogen and oxygen atoms in total. The van der Waals surface area contributed by atoms with Crippen LogP contribution in [0, 0.1) is 12.7 Å². The molecule has 172 valence electrons. The Balaban J connectivity index is 1.58. The summed E-state index contributed by atoms with van der Waals surface area (Å²) < 4.78 is 20.8. The smallest absolute Gasteiger partial charge is 0.275 e. The van der Waals surface area contributed by atoms with Gasteiger partial charge in [0.2, 0.25) is 5.43 Å². The summed E-state index contributed by atoms with van der Waals surface area (Å²) in [5.74, 6) is -0.306. The molecule has 0 aliphatic carbocycles. The molecule has 1 aliphatic rings. The van der Waals surface area contributed by atoms with Crippen molar-refractivity contribution in [3.8, 4) is 11.4 Å². The minimum absolute atomic E-state index is 0.0402. The lowest BCUT2D eigenvalue weighted by molar-refractivity contribution is 0.0930. The van der Waals surface area contributed by atoms with Crippen LogP contribution < -0.4 is 15.5 Å². The number of carbonyl (C=O) groups is 1. The van der Waals surface area contributed by atoms with Crippen molar-refractivity contribution in [2.24, 2.45) is 0 Å². The highest BCUT2D eigenvalue weighted by molar-refractivity contribution is 5.92. The quantitative estimate of drug-likeness (QED) is 0.598. The molecule has 1 aromatic heterocycles. The molecule has 1 amide bonds. The van der Waals surface area contributed by atoms with Gasteiger partial charge >= 0.3 is 0 Å². The first-order valence-corrected chi connectivity index (χ1v) is 11.0. The molecule has 1 N–H and O–H groups in total. The maximum Gasteiger partial charge on any atom is 0.275 e. The van der Waals surface area contributed by atoms with E-state index in [-0.39, 0.29) is 17.4 Å². The second-order valence-electron chi connectivity index (χ2n) is 8.10. The fourth-order valence-electron chi connectivity index (χ4n) is 4.18. The zero-order valence-electron chi connectivity index (χ0n) is 18.8. The van der Waals surface area contributed by atoms with Crippen molar-refractivity contribution >= 4 is 5.91 Å². The number of likely N-dealkylation sites (tertiary alicyclic amines) is 1. The fraction of sp³-hybridized carbons (Fsp3) is 0.320. The molecule has 0 spiro atoms. The summed E-state index contributed by atoms with van der Waals surface area (Å²) in [7, 11) is 1.62. The number of methoxy groups -OCH3 is 1. The second-order valence-corrected chi connectivity index (χ2v) is 8.10. The van der Waals surface area contributed by atoms with Crippen LogP contribution in [-0.2, 0) is 0 Å². The number of aryl methyl sites for hydroxylation is 1. The van der Waals surface area contributed by atoms with E-state index in [1.807, 2.05) is 24.3 Å². The summed E-state index contributed by atoms with van der Waals surface area (Å²) in [5.41, 5.74) is 0.907. The van der Waals surface area contributed by atoms with Crippen molar-refractivity contribution in [2.45, 2.75) is 25.8 Å². The summed E-state index contributed by atoms with van der Waals surface area (Å²) in [4.78, 5) is 27.8. The number of benzene rings is 2. The molecule has 2 heterocycles. The molecule has 4 rings (SSSR count). The summed E-state index contributed by atoms with van der Waals surface area (Å²) in [6.45, 7) is 3.85. The Labute approximate surface area is 191 Å². The van der Waals surface area contributed by atoms with Crippen molar-refractivity contribution < 1.29 is 13.9 Å². The number of nitrogens with zero attached hydrogens (tertiary/aromatic N) is 3. The van der Waals surface area contributed by atoms with E-state index in [0.29, 0.717) is 12.2 Å². The van der Waals surface area contributed by atoms with Gasteiger partial charge in [-0.05, 0) is 62.7 Å². The number of ether oxygens (including phenoxy) is 1. The first-order chi connectivity index (χ1) is 16.0. The van der Waals surface area contributed by atoms with Crippen LogP contribution in [0.15, 0.2) is 59.4 Å². The van der Waals surface area contributed by atoms with E-state index in [4.69, 9.17) is 4.74 Å². The van der Waals surface area contributed by atoms with E-state index < -0.39 is 17.2 Å². The van der Waals surface area contributed by atoms with Gasteiger partial charge in [-0.1, -0.05) is 24.3 Å². The second kappa shape index (κ2) is 9.95. The third kappa shape index (κ3) is 4.96. The van der Waals surface area contributed by atoms with Crippen LogP contribution in [0.25, 0.3) is 5.69 Å². The van der Waals surface area contributed by atoms with Crippen LogP contribution in [0.4, 0.5) is 4.39 Å². The van der Waals surface area contributed by atoms with E-state index in [9.17, 15) is 14.0 Å². The lowest BCUT2D eigenvalue weighted by atomic mass is 10.1. The Morgan fingerprint density at radius 2 is 1.85 bits per heavy atom. The van der Waals surface area contributed by atoms with Crippen molar-refractivity contribution in [2.75, 3.05) is 26.7 Å². The number of hydrogen-bond donors (Lipinski definition) is 1. The van der Waals surface area contributed by atoms with E-state index in [1.165, 1.54) is 16.8 Å². The Morgan fingerprint density at radius 1 is 1.15 bits per heavy atom. The van der Waals surface area contributed by atoms with Crippen LogP contribution in [0.5, 0.6) is 5.75 Å². The Kier molecular flexibility index (Phi) is 6.84. The lowest BCUT2D eigenvalue weighted by Crippen LogP contribution is -2.39.